The van der Waals surface area contributed by atoms with E-state index in [0.717, 1.165) is 9.13 Å². The molecule has 2 heterocycles. The van der Waals surface area contributed by atoms with Gasteiger partial charge in [-0.1, -0.05) is 18.2 Å². The lowest BCUT2D eigenvalue weighted by molar-refractivity contribution is -0.121. The van der Waals surface area contributed by atoms with Crippen LogP contribution in [0.3, 0.4) is 0 Å². The highest BCUT2D eigenvalue weighted by atomic mass is 127. The van der Waals surface area contributed by atoms with Gasteiger partial charge >= 0.3 is 0 Å². The zero-order valence-corrected chi connectivity index (χ0v) is 14.3. The van der Waals surface area contributed by atoms with Gasteiger partial charge in [-0.3, -0.25) is 9.69 Å². The Morgan fingerprint density at radius 1 is 1.22 bits per heavy atom. The van der Waals surface area contributed by atoms with E-state index in [-0.39, 0.29) is 18.3 Å². The number of carbonyl (C=O) groups excluding carboxylic acids is 1. The lowest BCUT2D eigenvalue weighted by Gasteiger charge is -2.36. The molecular weight excluding hydrogens is 410 g/mol. The Labute approximate surface area is 146 Å². The van der Waals surface area contributed by atoms with Crippen LogP contribution in [0.25, 0.3) is 0 Å². The first-order valence-corrected chi connectivity index (χ1v) is 8.43. The summed E-state index contributed by atoms with van der Waals surface area (Å²) in [5.41, 5.74) is 0.819. The molecule has 2 aromatic carbocycles. The summed E-state index contributed by atoms with van der Waals surface area (Å²) >= 11 is 2.21. The molecule has 0 spiro atoms. The van der Waals surface area contributed by atoms with E-state index in [0.29, 0.717) is 24.4 Å². The summed E-state index contributed by atoms with van der Waals surface area (Å²) in [7, 11) is 0. The van der Waals surface area contributed by atoms with Gasteiger partial charge in [0, 0.05) is 26.9 Å². The molecule has 2 aliphatic heterocycles. The van der Waals surface area contributed by atoms with Crippen molar-refractivity contribution in [3.05, 3.63) is 63.0 Å². The average molecular weight is 424 g/mol. The van der Waals surface area contributed by atoms with Crippen LogP contribution in [0.4, 0.5) is 10.1 Å². The van der Waals surface area contributed by atoms with E-state index in [1.54, 1.807) is 18.2 Å². The van der Waals surface area contributed by atoms with Gasteiger partial charge in [0.2, 0.25) is 5.91 Å². The number of ether oxygens (including phenoxy) is 1. The van der Waals surface area contributed by atoms with Crippen molar-refractivity contribution in [3.63, 3.8) is 0 Å². The highest BCUT2D eigenvalue weighted by molar-refractivity contribution is 14.1. The first-order valence-electron chi connectivity index (χ1n) is 7.35. The largest absolute Gasteiger partial charge is 0.350 e. The van der Waals surface area contributed by atoms with Gasteiger partial charge < -0.3 is 10.1 Å². The van der Waals surface area contributed by atoms with Crippen LogP contribution in [0.15, 0.2) is 42.5 Å². The molecule has 6 heteroatoms. The lowest BCUT2D eigenvalue weighted by atomic mass is 9.91. The second kappa shape index (κ2) is 5.54. The van der Waals surface area contributed by atoms with E-state index >= 15 is 0 Å². The SMILES string of the molecule is O=C1CN2CCOC2(c2ccccc2F)c2cc(I)ccc2N1. The smallest absolute Gasteiger partial charge is 0.238 e. The molecule has 0 aromatic heterocycles. The van der Waals surface area contributed by atoms with Crippen molar-refractivity contribution in [2.24, 2.45) is 0 Å². The zero-order valence-electron chi connectivity index (χ0n) is 12.2. The van der Waals surface area contributed by atoms with Gasteiger partial charge in [0.15, 0.2) is 5.72 Å². The third-order valence-corrected chi connectivity index (χ3v) is 4.98. The molecule has 1 unspecified atom stereocenters. The molecule has 1 amide bonds. The van der Waals surface area contributed by atoms with Gasteiger partial charge in [0.1, 0.15) is 5.82 Å². The van der Waals surface area contributed by atoms with Crippen molar-refractivity contribution >= 4 is 34.2 Å². The van der Waals surface area contributed by atoms with E-state index < -0.39 is 5.72 Å². The lowest BCUT2D eigenvalue weighted by Crippen LogP contribution is -2.45. The molecule has 1 saturated heterocycles. The normalized spacial score (nSPS) is 23.8. The molecular formula is C17H14FIN2O2. The molecule has 0 bridgehead atoms. The number of benzene rings is 2. The van der Waals surface area contributed by atoms with Crippen molar-refractivity contribution < 1.29 is 13.9 Å². The molecule has 23 heavy (non-hydrogen) atoms. The number of rotatable bonds is 1. The monoisotopic (exact) mass is 424 g/mol. The summed E-state index contributed by atoms with van der Waals surface area (Å²) in [6.45, 7) is 1.19. The first-order chi connectivity index (χ1) is 11.1. The summed E-state index contributed by atoms with van der Waals surface area (Å²) in [6, 6.07) is 12.3. The number of nitrogens with zero attached hydrogens (tertiary/aromatic N) is 1. The number of halogens is 2. The molecule has 4 nitrogen and oxygen atoms in total. The van der Waals surface area contributed by atoms with Gasteiger partial charge in [-0.05, 0) is 46.9 Å². The maximum Gasteiger partial charge on any atom is 0.238 e. The van der Waals surface area contributed by atoms with Crippen molar-refractivity contribution in [3.8, 4) is 0 Å². The fourth-order valence-electron chi connectivity index (χ4n) is 3.39. The maximum atomic E-state index is 14.6. The van der Waals surface area contributed by atoms with Crippen LogP contribution in [0.2, 0.25) is 0 Å². The van der Waals surface area contributed by atoms with Crippen LogP contribution >= 0.6 is 22.6 Å². The topological polar surface area (TPSA) is 41.6 Å². The summed E-state index contributed by atoms with van der Waals surface area (Å²) in [4.78, 5) is 14.1. The first kappa shape index (κ1) is 15.0. The fraction of sp³-hybridized carbons (Fsp3) is 0.235. The number of hydrogen-bond acceptors (Lipinski definition) is 3. The minimum Gasteiger partial charge on any atom is -0.350 e. The van der Waals surface area contributed by atoms with E-state index in [9.17, 15) is 9.18 Å². The van der Waals surface area contributed by atoms with Crippen LogP contribution in [-0.4, -0.2) is 30.5 Å². The molecule has 0 saturated carbocycles. The minimum absolute atomic E-state index is 0.115. The maximum absolute atomic E-state index is 14.6. The zero-order chi connectivity index (χ0) is 16.0. The standard InChI is InChI=1S/C17H14FIN2O2/c18-14-4-2-1-3-12(14)17-13-9-11(19)5-6-15(13)20-16(22)10-21(17)7-8-23-17/h1-6,9H,7-8,10H2,(H,20,22). The molecule has 0 aliphatic carbocycles. The van der Waals surface area contributed by atoms with E-state index in [4.69, 9.17) is 4.74 Å². The summed E-state index contributed by atoms with van der Waals surface area (Å²) in [5.74, 6) is -0.449. The quantitative estimate of drug-likeness (QED) is 0.717. The van der Waals surface area contributed by atoms with Crippen molar-refractivity contribution in [1.29, 1.82) is 0 Å². The molecule has 2 aromatic rings. The average Bonchev–Trinajstić information content (AvgIpc) is 2.89. The minimum atomic E-state index is -1.07. The molecule has 2 aliphatic rings. The number of amides is 1. The third-order valence-electron chi connectivity index (χ3n) is 4.31. The second-order valence-electron chi connectivity index (χ2n) is 5.63. The molecule has 1 atom stereocenters. The second-order valence-corrected chi connectivity index (χ2v) is 6.88. The Bertz CT molecular complexity index is 798. The molecule has 1 N–H and O–H groups in total. The van der Waals surface area contributed by atoms with E-state index in [2.05, 4.69) is 27.9 Å². The summed E-state index contributed by atoms with van der Waals surface area (Å²) < 4.78 is 21.7. The number of nitrogens with one attached hydrogen (secondary N) is 1. The van der Waals surface area contributed by atoms with Gasteiger partial charge in [-0.2, -0.15) is 0 Å². The molecule has 118 valence electrons. The predicted molar refractivity (Wildman–Crippen MR) is 92.5 cm³/mol. The Morgan fingerprint density at radius 2 is 2.04 bits per heavy atom. The van der Waals surface area contributed by atoms with Crippen LogP contribution in [0.5, 0.6) is 0 Å². The van der Waals surface area contributed by atoms with Gasteiger partial charge in [-0.15, -0.1) is 0 Å². The molecule has 4 rings (SSSR count). The molecule has 1 fully saturated rings. The van der Waals surface area contributed by atoms with Crippen LogP contribution in [0, 0.1) is 9.39 Å². The van der Waals surface area contributed by atoms with Crippen molar-refractivity contribution in [2.45, 2.75) is 5.72 Å². The van der Waals surface area contributed by atoms with Crippen molar-refractivity contribution in [2.75, 3.05) is 25.0 Å². The fourth-order valence-corrected chi connectivity index (χ4v) is 3.88. The number of fused-ring (bicyclic) bond motifs is 3. The number of hydrogen-bond donors (Lipinski definition) is 1. The predicted octanol–water partition coefficient (Wildman–Crippen LogP) is 2.92. The van der Waals surface area contributed by atoms with E-state index in [1.807, 2.05) is 23.1 Å². The van der Waals surface area contributed by atoms with Gasteiger partial charge in [0.05, 0.1) is 13.2 Å². The van der Waals surface area contributed by atoms with Crippen LogP contribution in [-0.2, 0) is 15.3 Å². The number of carbonyl (C=O) groups is 1. The molecule has 0 radical (unpaired) electrons. The Balaban J connectivity index is 2.04. The van der Waals surface area contributed by atoms with Crippen molar-refractivity contribution in [1.82, 2.24) is 4.90 Å². The highest BCUT2D eigenvalue weighted by Crippen LogP contribution is 2.46. The Kier molecular flexibility index (Phi) is 3.62. The highest BCUT2D eigenvalue weighted by Gasteiger charge is 2.50. The van der Waals surface area contributed by atoms with Crippen LogP contribution < -0.4 is 5.32 Å². The van der Waals surface area contributed by atoms with Crippen LogP contribution in [0.1, 0.15) is 11.1 Å². The third kappa shape index (κ3) is 2.28. The number of anilines is 1. The summed E-state index contributed by atoms with van der Waals surface area (Å²) in [5, 5.41) is 2.91. The Hall–Kier alpha value is -1.51. The van der Waals surface area contributed by atoms with Gasteiger partial charge in [0.25, 0.3) is 0 Å². The Morgan fingerprint density at radius 3 is 2.87 bits per heavy atom. The van der Waals surface area contributed by atoms with E-state index in [1.165, 1.54) is 6.07 Å². The van der Waals surface area contributed by atoms with Gasteiger partial charge in [-0.25, -0.2) is 4.39 Å². The summed E-state index contributed by atoms with van der Waals surface area (Å²) in [6.07, 6.45) is 0.